The molecule has 4 nitrogen and oxygen atoms in total. The minimum atomic E-state index is -0.324. The fourth-order valence-electron chi connectivity index (χ4n) is 3.41. The van der Waals surface area contributed by atoms with Crippen molar-refractivity contribution < 1.29 is 9.15 Å². The first-order valence-electron chi connectivity index (χ1n) is 7.23. The molecule has 1 N–H and O–H groups in total. The molecule has 0 radical (unpaired) electrons. The Bertz CT molecular complexity index is 681. The van der Waals surface area contributed by atoms with E-state index in [1.807, 2.05) is 18.2 Å². The Hall–Kier alpha value is -1.81. The molecule has 4 rings (SSSR count). The fraction of sp³-hybridized carbons (Fsp3) is 0.438. The van der Waals surface area contributed by atoms with Crippen LogP contribution in [0.4, 0.5) is 0 Å². The molecule has 2 saturated heterocycles. The topological polar surface area (TPSA) is 51.5 Å². The summed E-state index contributed by atoms with van der Waals surface area (Å²) in [5, 5.41) is 4.52. The second kappa shape index (κ2) is 4.63. The molecule has 0 saturated carbocycles. The van der Waals surface area contributed by atoms with Gasteiger partial charge in [0.25, 0.3) is 0 Å². The van der Waals surface area contributed by atoms with Crippen LogP contribution in [0.15, 0.2) is 39.5 Å². The zero-order valence-corrected chi connectivity index (χ0v) is 11.2. The van der Waals surface area contributed by atoms with Gasteiger partial charge >= 0.3 is 5.63 Å². The van der Waals surface area contributed by atoms with Crippen molar-refractivity contribution in [3.8, 4) is 5.75 Å². The van der Waals surface area contributed by atoms with Gasteiger partial charge in [0.05, 0.1) is 0 Å². The minimum Gasteiger partial charge on any atom is -0.490 e. The smallest absolute Gasteiger partial charge is 0.336 e. The van der Waals surface area contributed by atoms with Crippen LogP contribution < -0.4 is 15.7 Å². The zero-order valence-electron chi connectivity index (χ0n) is 11.2. The summed E-state index contributed by atoms with van der Waals surface area (Å²) in [5.74, 6) is 0.790. The van der Waals surface area contributed by atoms with Crippen molar-refractivity contribution in [2.75, 3.05) is 0 Å². The summed E-state index contributed by atoms with van der Waals surface area (Å²) < 4.78 is 11.3. The molecular formula is C16H17NO3. The van der Waals surface area contributed by atoms with E-state index in [2.05, 4.69) is 5.32 Å². The van der Waals surface area contributed by atoms with Crippen LogP contribution in [-0.2, 0) is 0 Å². The third-order valence-electron chi connectivity index (χ3n) is 4.33. The molecule has 3 heterocycles. The Balaban J connectivity index is 1.57. The highest BCUT2D eigenvalue weighted by Gasteiger charge is 2.34. The van der Waals surface area contributed by atoms with E-state index in [1.54, 1.807) is 6.07 Å². The van der Waals surface area contributed by atoms with Crippen molar-refractivity contribution in [1.29, 1.82) is 0 Å². The molecule has 3 atom stereocenters. The first-order chi connectivity index (χ1) is 9.76. The molecule has 2 aromatic rings. The molecule has 2 fully saturated rings. The summed E-state index contributed by atoms with van der Waals surface area (Å²) in [5.41, 5.74) is 0.265. The second-order valence-electron chi connectivity index (χ2n) is 5.80. The Morgan fingerprint density at radius 2 is 1.85 bits per heavy atom. The number of ether oxygens (including phenoxy) is 1. The number of piperidine rings is 1. The van der Waals surface area contributed by atoms with Gasteiger partial charge in [-0.2, -0.15) is 0 Å². The van der Waals surface area contributed by atoms with E-state index in [-0.39, 0.29) is 11.7 Å². The molecule has 1 aromatic heterocycles. The van der Waals surface area contributed by atoms with Gasteiger partial charge in [-0.25, -0.2) is 4.79 Å². The van der Waals surface area contributed by atoms with Crippen LogP contribution >= 0.6 is 0 Å². The van der Waals surface area contributed by atoms with Gasteiger partial charge in [0.15, 0.2) is 0 Å². The maximum absolute atomic E-state index is 11.3. The minimum absolute atomic E-state index is 0.265. The highest BCUT2D eigenvalue weighted by atomic mass is 16.5. The van der Waals surface area contributed by atoms with Gasteiger partial charge in [-0.15, -0.1) is 0 Å². The molecule has 2 aliphatic heterocycles. The molecule has 0 amide bonds. The van der Waals surface area contributed by atoms with E-state index < -0.39 is 0 Å². The standard InChI is InChI=1S/C16H17NO3/c18-16-6-2-10-1-5-13(9-15(10)20-16)19-14-7-11-3-4-12(8-14)17-11/h1-2,5-6,9,11-12,14,17H,3-4,7-8H2/t11-,12?,14?/m1/s1. The van der Waals surface area contributed by atoms with Crippen LogP contribution in [0.1, 0.15) is 25.7 Å². The first-order valence-corrected chi connectivity index (χ1v) is 7.23. The molecule has 4 heteroatoms. The Morgan fingerprint density at radius 1 is 1.10 bits per heavy atom. The van der Waals surface area contributed by atoms with E-state index in [0.29, 0.717) is 17.7 Å². The van der Waals surface area contributed by atoms with Crippen molar-refractivity contribution >= 4 is 11.0 Å². The number of hydrogen-bond donors (Lipinski definition) is 1. The average molecular weight is 271 g/mol. The van der Waals surface area contributed by atoms with E-state index in [4.69, 9.17) is 9.15 Å². The lowest BCUT2D eigenvalue weighted by Gasteiger charge is -2.29. The average Bonchev–Trinajstić information content (AvgIpc) is 2.77. The van der Waals surface area contributed by atoms with Gasteiger partial charge in [0.1, 0.15) is 17.4 Å². The van der Waals surface area contributed by atoms with Gasteiger partial charge in [0.2, 0.25) is 0 Å². The van der Waals surface area contributed by atoms with Gasteiger partial charge in [-0.05, 0) is 43.9 Å². The summed E-state index contributed by atoms with van der Waals surface area (Å²) in [6.07, 6.45) is 4.91. The largest absolute Gasteiger partial charge is 0.490 e. The zero-order chi connectivity index (χ0) is 13.5. The number of nitrogens with one attached hydrogen (secondary N) is 1. The first kappa shape index (κ1) is 12.0. The van der Waals surface area contributed by atoms with Gasteiger partial charge in [-0.3, -0.25) is 0 Å². The van der Waals surface area contributed by atoms with Crippen molar-refractivity contribution in [3.05, 3.63) is 40.8 Å². The normalized spacial score (nSPS) is 28.7. The lowest BCUT2D eigenvalue weighted by Crippen LogP contribution is -2.42. The van der Waals surface area contributed by atoms with Crippen molar-refractivity contribution in [2.24, 2.45) is 0 Å². The van der Waals surface area contributed by atoms with Crippen LogP contribution in [0, 0.1) is 0 Å². The van der Waals surface area contributed by atoms with Gasteiger partial charge < -0.3 is 14.5 Å². The van der Waals surface area contributed by atoms with Crippen molar-refractivity contribution in [1.82, 2.24) is 5.32 Å². The Labute approximate surface area is 116 Å². The Kier molecular flexibility index (Phi) is 2.77. The highest BCUT2D eigenvalue weighted by Crippen LogP contribution is 2.30. The van der Waals surface area contributed by atoms with Gasteiger partial charge in [-0.1, -0.05) is 0 Å². The predicted octanol–water partition coefficient (Wildman–Crippen LogP) is 2.45. The molecule has 1 aromatic carbocycles. The van der Waals surface area contributed by atoms with Crippen LogP contribution in [-0.4, -0.2) is 18.2 Å². The molecule has 2 unspecified atom stereocenters. The van der Waals surface area contributed by atoms with Crippen LogP contribution in [0.5, 0.6) is 5.75 Å². The monoisotopic (exact) mass is 271 g/mol. The van der Waals surface area contributed by atoms with Crippen molar-refractivity contribution in [3.63, 3.8) is 0 Å². The number of hydrogen-bond acceptors (Lipinski definition) is 4. The lowest BCUT2D eigenvalue weighted by atomic mass is 10.0. The highest BCUT2D eigenvalue weighted by molar-refractivity contribution is 5.77. The predicted molar refractivity (Wildman–Crippen MR) is 76.1 cm³/mol. The Morgan fingerprint density at radius 3 is 2.65 bits per heavy atom. The van der Waals surface area contributed by atoms with E-state index in [0.717, 1.165) is 24.0 Å². The second-order valence-corrected chi connectivity index (χ2v) is 5.80. The van der Waals surface area contributed by atoms with Crippen LogP contribution in [0.2, 0.25) is 0 Å². The van der Waals surface area contributed by atoms with E-state index in [1.165, 1.54) is 18.9 Å². The summed E-state index contributed by atoms with van der Waals surface area (Å²) in [6, 6.07) is 10.1. The van der Waals surface area contributed by atoms with Gasteiger partial charge in [0, 0.05) is 29.6 Å². The number of benzene rings is 1. The lowest BCUT2D eigenvalue weighted by molar-refractivity contribution is 0.137. The quantitative estimate of drug-likeness (QED) is 0.852. The summed E-state index contributed by atoms with van der Waals surface area (Å²) in [7, 11) is 0. The maximum atomic E-state index is 11.3. The van der Waals surface area contributed by atoms with Crippen LogP contribution in [0.25, 0.3) is 11.0 Å². The molecule has 0 aliphatic carbocycles. The third-order valence-corrected chi connectivity index (χ3v) is 4.33. The summed E-state index contributed by atoms with van der Waals surface area (Å²) in [6.45, 7) is 0. The fourth-order valence-corrected chi connectivity index (χ4v) is 3.41. The summed E-state index contributed by atoms with van der Waals surface area (Å²) in [4.78, 5) is 11.3. The molecule has 104 valence electrons. The molecular weight excluding hydrogens is 254 g/mol. The van der Waals surface area contributed by atoms with E-state index >= 15 is 0 Å². The SMILES string of the molecule is O=c1ccc2ccc(OC3CC4CC[C@H](C3)N4)cc2o1. The number of rotatable bonds is 2. The maximum Gasteiger partial charge on any atom is 0.336 e. The van der Waals surface area contributed by atoms with Crippen molar-refractivity contribution in [2.45, 2.75) is 43.9 Å². The molecule has 2 aliphatic rings. The number of fused-ring (bicyclic) bond motifs is 3. The molecule has 2 bridgehead atoms. The van der Waals surface area contributed by atoms with Crippen LogP contribution in [0.3, 0.4) is 0 Å². The van der Waals surface area contributed by atoms with E-state index in [9.17, 15) is 4.79 Å². The third kappa shape index (κ3) is 2.20. The molecule has 20 heavy (non-hydrogen) atoms. The molecule has 0 spiro atoms. The summed E-state index contributed by atoms with van der Waals surface area (Å²) >= 11 is 0.